The van der Waals surface area contributed by atoms with Gasteiger partial charge in [0.05, 0.1) is 5.92 Å². The highest BCUT2D eigenvalue weighted by atomic mass is 19.1. The summed E-state index contributed by atoms with van der Waals surface area (Å²) in [6, 6.07) is 14.0. The highest BCUT2D eigenvalue weighted by Gasteiger charge is 2.37. The zero-order valence-corrected chi connectivity index (χ0v) is 13.8. The number of fused-ring (bicyclic) bond motifs is 1. The van der Waals surface area contributed by atoms with Crippen molar-refractivity contribution < 1.29 is 14.0 Å². The van der Waals surface area contributed by atoms with Crippen molar-refractivity contribution in [3.63, 3.8) is 0 Å². The molecule has 4 nitrogen and oxygen atoms in total. The fraction of sp³-hybridized carbons (Fsp3) is 0.300. The molecule has 1 atom stereocenters. The molecule has 2 aliphatic rings. The van der Waals surface area contributed by atoms with Crippen molar-refractivity contribution in [2.45, 2.75) is 19.4 Å². The van der Waals surface area contributed by atoms with E-state index in [-0.39, 0.29) is 30.0 Å². The fourth-order valence-corrected chi connectivity index (χ4v) is 3.69. The Bertz CT molecular complexity index is 819. The number of rotatable bonds is 2. The van der Waals surface area contributed by atoms with Crippen molar-refractivity contribution in [1.29, 1.82) is 0 Å². The van der Waals surface area contributed by atoms with Crippen molar-refractivity contribution >= 4 is 17.5 Å². The number of halogens is 1. The standard InChI is InChI=1S/C20H19FN2O2/c21-17-5-7-18(8-6-17)23-13-16(11-19(23)24)20(25)22-10-9-14-3-1-2-4-15(14)12-22/h1-8,16H,9-13H2/t16-/m1/s1. The van der Waals surface area contributed by atoms with Crippen LogP contribution in [-0.2, 0) is 22.6 Å². The zero-order chi connectivity index (χ0) is 17.4. The van der Waals surface area contributed by atoms with Crippen LogP contribution in [0.25, 0.3) is 0 Å². The maximum absolute atomic E-state index is 13.1. The molecule has 2 aromatic carbocycles. The van der Waals surface area contributed by atoms with Crippen LogP contribution in [0, 0.1) is 11.7 Å². The molecule has 2 heterocycles. The molecule has 0 bridgehead atoms. The molecule has 0 aromatic heterocycles. The number of hydrogen-bond acceptors (Lipinski definition) is 2. The largest absolute Gasteiger partial charge is 0.338 e. The Morgan fingerprint density at radius 1 is 1.04 bits per heavy atom. The molecule has 0 saturated carbocycles. The van der Waals surface area contributed by atoms with Gasteiger partial charge in [-0.3, -0.25) is 9.59 Å². The third kappa shape index (κ3) is 3.02. The first-order chi connectivity index (χ1) is 12.1. The second kappa shape index (κ2) is 6.31. The minimum Gasteiger partial charge on any atom is -0.338 e. The van der Waals surface area contributed by atoms with E-state index in [9.17, 15) is 14.0 Å². The summed E-state index contributed by atoms with van der Waals surface area (Å²) in [5, 5.41) is 0. The molecule has 4 rings (SSSR count). The molecular weight excluding hydrogens is 319 g/mol. The second-order valence-corrected chi connectivity index (χ2v) is 6.66. The number of benzene rings is 2. The van der Waals surface area contributed by atoms with E-state index in [0.717, 1.165) is 6.42 Å². The predicted molar refractivity (Wildman–Crippen MR) is 92.4 cm³/mol. The number of anilines is 1. The van der Waals surface area contributed by atoms with Crippen molar-refractivity contribution in [3.8, 4) is 0 Å². The lowest BCUT2D eigenvalue weighted by Crippen LogP contribution is -2.40. The minimum absolute atomic E-state index is 0.0347. The molecule has 5 heteroatoms. The molecular formula is C20H19FN2O2. The zero-order valence-electron chi connectivity index (χ0n) is 13.8. The number of carbonyl (C=O) groups is 2. The van der Waals surface area contributed by atoms with E-state index in [1.165, 1.54) is 23.3 Å². The van der Waals surface area contributed by atoms with Gasteiger partial charge in [0.1, 0.15) is 5.82 Å². The summed E-state index contributed by atoms with van der Waals surface area (Å²) >= 11 is 0. The van der Waals surface area contributed by atoms with E-state index in [1.807, 2.05) is 17.0 Å². The molecule has 2 aliphatic heterocycles. The van der Waals surface area contributed by atoms with Crippen LogP contribution in [0.2, 0.25) is 0 Å². The number of nitrogens with zero attached hydrogens (tertiary/aromatic N) is 2. The summed E-state index contributed by atoms with van der Waals surface area (Å²) < 4.78 is 13.1. The molecule has 2 amide bonds. The lowest BCUT2D eigenvalue weighted by atomic mass is 9.98. The van der Waals surface area contributed by atoms with Crippen LogP contribution in [0.1, 0.15) is 17.5 Å². The van der Waals surface area contributed by atoms with E-state index in [2.05, 4.69) is 12.1 Å². The Labute approximate surface area is 145 Å². The topological polar surface area (TPSA) is 40.6 Å². The van der Waals surface area contributed by atoms with E-state index in [1.54, 1.807) is 17.0 Å². The van der Waals surface area contributed by atoms with Crippen LogP contribution < -0.4 is 4.90 Å². The first kappa shape index (κ1) is 15.8. The van der Waals surface area contributed by atoms with Gasteiger partial charge in [-0.05, 0) is 41.8 Å². The lowest BCUT2D eigenvalue weighted by Gasteiger charge is -2.30. The number of carbonyl (C=O) groups excluding carboxylic acids is 2. The predicted octanol–water partition coefficient (Wildman–Crippen LogP) is 2.76. The van der Waals surface area contributed by atoms with E-state index in [4.69, 9.17) is 0 Å². The molecule has 25 heavy (non-hydrogen) atoms. The van der Waals surface area contributed by atoms with E-state index >= 15 is 0 Å². The van der Waals surface area contributed by atoms with Gasteiger partial charge in [0.15, 0.2) is 0 Å². The van der Waals surface area contributed by atoms with Crippen molar-refractivity contribution in [1.82, 2.24) is 4.90 Å². The monoisotopic (exact) mass is 338 g/mol. The SMILES string of the molecule is O=C([C@@H]1CC(=O)N(c2ccc(F)cc2)C1)N1CCc2ccccc2C1. The normalized spacial score (nSPS) is 19.9. The van der Waals surface area contributed by atoms with Gasteiger partial charge in [-0.15, -0.1) is 0 Å². The minimum atomic E-state index is -0.338. The Hall–Kier alpha value is -2.69. The van der Waals surface area contributed by atoms with Gasteiger partial charge >= 0.3 is 0 Å². The Morgan fingerprint density at radius 3 is 2.52 bits per heavy atom. The maximum atomic E-state index is 13.1. The summed E-state index contributed by atoms with van der Waals surface area (Å²) in [6.45, 7) is 1.66. The van der Waals surface area contributed by atoms with Gasteiger partial charge in [-0.1, -0.05) is 24.3 Å². The Morgan fingerprint density at radius 2 is 1.76 bits per heavy atom. The molecule has 0 N–H and O–H groups in total. The van der Waals surface area contributed by atoms with Gasteiger partial charge in [0.2, 0.25) is 11.8 Å². The van der Waals surface area contributed by atoms with Crippen LogP contribution in [0.4, 0.5) is 10.1 Å². The summed E-state index contributed by atoms with van der Waals surface area (Å²) in [5.74, 6) is -0.715. The quantitative estimate of drug-likeness (QED) is 0.845. The molecule has 1 saturated heterocycles. The molecule has 2 aromatic rings. The average Bonchev–Trinajstić information content (AvgIpc) is 3.03. The molecule has 1 fully saturated rings. The van der Waals surface area contributed by atoms with Crippen molar-refractivity contribution in [2.75, 3.05) is 18.0 Å². The maximum Gasteiger partial charge on any atom is 0.228 e. The van der Waals surface area contributed by atoms with Crippen LogP contribution in [0.5, 0.6) is 0 Å². The molecule has 128 valence electrons. The smallest absolute Gasteiger partial charge is 0.228 e. The van der Waals surface area contributed by atoms with Crippen LogP contribution in [0.3, 0.4) is 0 Å². The van der Waals surface area contributed by atoms with Crippen LogP contribution in [-0.4, -0.2) is 29.8 Å². The van der Waals surface area contributed by atoms with E-state index < -0.39 is 0 Å². The molecule has 0 aliphatic carbocycles. The highest BCUT2D eigenvalue weighted by Crippen LogP contribution is 2.28. The van der Waals surface area contributed by atoms with E-state index in [0.29, 0.717) is 25.3 Å². The average molecular weight is 338 g/mol. The third-order valence-electron chi connectivity index (χ3n) is 5.05. The van der Waals surface area contributed by atoms with Gasteiger partial charge < -0.3 is 9.80 Å². The fourth-order valence-electron chi connectivity index (χ4n) is 3.69. The number of hydrogen-bond donors (Lipinski definition) is 0. The summed E-state index contributed by atoms with van der Waals surface area (Å²) in [5.41, 5.74) is 3.12. The summed E-state index contributed by atoms with van der Waals surface area (Å²) in [6.07, 6.45) is 1.07. The van der Waals surface area contributed by atoms with Gasteiger partial charge in [0.25, 0.3) is 0 Å². The summed E-state index contributed by atoms with van der Waals surface area (Å²) in [4.78, 5) is 28.6. The first-order valence-electron chi connectivity index (χ1n) is 8.53. The van der Waals surface area contributed by atoms with Crippen LogP contribution >= 0.6 is 0 Å². The van der Waals surface area contributed by atoms with Gasteiger partial charge in [-0.25, -0.2) is 4.39 Å². The molecule has 0 radical (unpaired) electrons. The van der Waals surface area contributed by atoms with Gasteiger partial charge in [-0.2, -0.15) is 0 Å². The second-order valence-electron chi connectivity index (χ2n) is 6.66. The van der Waals surface area contributed by atoms with Gasteiger partial charge in [0, 0.05) is 31.7 Å². The molecule has 0 unspecified atom stereocenters. The number of amides is 2. The molecule has 0 spiro atoms. The van der Waals surface area contributed by atoms with Crippen molar-refractivity contribution in [3.05, 3.63) is 65.5 Å². The lowest BCUT2D eigenvalue weighted by molar-refractivity contribution is -0.136. The Balaban J connectivity index is 1.47. The van der Waals surface area contributed by atoms with Crippen molar-refractivity contribution in [2.24, 2.45) is 5.92 Å². The highest BCUT2D eigenvalue weighted by molar-refractivity contribution is 6.00. The first-order valence-corrected chi connectivity index (χ1v) is 8.53. The third-order valence-corrected chi connectivity index (χ3v) is 5.05. The van der Waals surface area contributed by atoms with Crippen LogP contribution in [0.15, 0.2) is 48.5 Å². The Kier molecular flexibility index (Phi) is 3.99. The summed E-state index contributed by atoms with van der Waals surface area (Å²) in [7, 11) is 0.